The van der Waals surface area contributed by atoms with Crippen LogP contribution in [0, 0.1) is 0 Å². The van der Waals surface area contributed by atoms with Gasteiger partial charge in [-0.25, -0.2) is 4.98 Å². The summed E-state index contributed by atoms with van der Waals surface area (Å²) < 4.78 is 5.32. The van der Waals surface area contributed by atoms with Crippen LogP contribution < -0.4 is 5.73 Å². The molecule has 0 atom stereocenters. The van der Waals surface area contributed by atoms with Gasteiger partial charge in [0.2, 0.25) is 0 Å². The molecule has 0 aliphatic carbocycles. The molecule has 3 rings (SSSR count). The Balaban J connectivity index is 0.000000902. The van der Waals surface area contributed by atoms with Crippen LogP contribution in [0.25, 0.3) is 11.0 Å². The molecule has 3 N–H and O–H groups in total. The van der Waals surface area contributed by atoms with Gasteiger partial charge in [-0.3, -0.25) is 4.90 Å². The molecule has 1 aromatic heterocycles. The number of nitrogens with zero attached hydrogens (tertiary/aromatic N) is 2. The Bertz CT molecular complexity index is 525. The van der Waals surface area contributed by atoms with E-state index in [0.717, 1.165) is 55.4 Å². The van der Waals surface area contributed by atoms with E-state index in [1.165, 1.54) is 0 Å². The van der Waals surface area contributed by atoms with Crippen molar-refractivity contribution in [1.82, 2.24) is 14.9 Å². The highest BCUT2D eigenvalue weighted by Crippen LogP contribution is 2.16. The summed E-state index contributed by atoms with van der Waals surface area (Å²) in [5, 5.41) is 0. The van der Waals surface area contributed by atoms with Crippen LogP contribution in [-0.2, 0) is 11.3 Å². The number of imidazole rings is 1. The molecule has 5 nitrogen and oxygen atoms in total. The minimum Gasteiger partial charge on any atom is -0.399 e. The van der Waals surface area contributed by atoms with E-state index in [2.05, 4.69) is 14.9 Å². The molecule has 1 saturated heterocycles. The summed E-state index contributed by atoms with van der Waals surface area (Å²) in [6, 6.07) is 5.75. The third-order valence-electron chi connectivity index (χ3n) is 3.03. The monoisotopic (exact) mass is 304 g/mol. The van der Waals surface area contributed by atoms with E-state index in [1.807, 2.05) is 18.2 Å². The molecule has 19 heavy (non-hydrogen) atoms. The lowest BCUT2D eigenvalue weighted by molar-refractivity contribution is 0.0332. The third-order valence-corrected chi connectivity index (χ3v) is 3.03. The lowest BCUT2D eigenvalue weighted by atomic mass is 10.3. The van der Waals surface area contributed by atoms with Crippen LogP contribution in [0.3, 0.4) is 0 Å². The number of benzene rings is 1. The molecule has 106 valence electrons. The molecule has 1 aromatic carbocycles. The van der Waals surface area contributed by atoms with Gasteiger partial charge in [0.15, 0.2) is 0 Å². The minimum absolute atomic E-state index is 0. The number of H-pyrrole nitrogens is 1. The number of ether oxygens (including phenoxy) is 1. The van der Waals surface area contributed by atoms with Crippen LogP contribution in [0.4, 0.5) is 5.69 Å². The Morgan fingerprint density at radius 2 is 2.00 bits per heavy atom. The zero-order valence-electron chi connectivity index (χ0n) is 10.5. The van der Waals surface area contributed by atoms with Gasteiger partial charge in [-0.2, -0.15) is 0 Å². The lowest BCUT2D eigenvalue weighted by Crippen LogP contribution is -2.35. The topological polar surface area (TPSA) is 67.2 Å². The molecule has 1 aliphatic heterocycles. The molecule has 0 unspecified atom stereocenters. The molecule has 2 heterocycles. The second kappa shape index (κ2) is 6.96. The van der Waals surface area contributed by atoms with Crippen molar-refractivity contribution < 1.29 is 4.74 Å². The van der Waals surface area contributed by atoms with Crippen LogP contribution in [0.2, 0.25) is 0 Å². The largest absolute Gasteiger partial charge is 0.399 e. The second-order valence-electron chi connectivity index (χ2n) is 4.35. The number of hydrogen-bond acceptors (Lipinski definition) is 4. The molecule has 1 aliphatic rings. The predicted molar refractivity (Wildman–Crippen MR) is 81.1 cm³/mol. The average Bonchev–Trinajstić information content (AvgIpc) is 2.71. The fourth-order valence-electron chi connectivity index (χ4n) is 2.13. The standard InChI is InChI=1S/C12H16N4O.2ClH/c13-9-1-2-10-11(7-9)15-12(14-10)8-16-3-5-17-6-4-16;;/h1-2,7H,3-6,8,13H2,(H,14,15);2*1H. The van der Waals surface area contributed by atoms with Gasteiger partial charge in [-0.15, -0.1) is 24.8 Å². The number of anilines is 1. The fraction of sp³-hybridized carbons (Fsp3) is 0.417. The molecule has 1 fully saturated rings. The zero-order valence-corrected chi connectivity index (χ0v) is 12.1. The van der Waals surface area contributed by atoms with Crippen molar-refractivity contribution >= 4 is 41.5 Å². The number of nitrogens with two attached hydrogens (primary N) is 1. The van der Waals surface area contributed by atoms with Crippen molar-refractivity contribution in [2.45, 2.75) is 6.54 Å². The van der Waals surface area contributed by atoms with Gasteiger partial charge in [-0.05, 0) is 18.2 Å². The van der Waals surface area contributed by atoms with Gasteiger partial charge in [0.05, 0.1) is 30.8 Å². The first kappa shape index (κ1) is 16.0. The van der Waals surface area contributed by atoms with E-state index >= 15 is 0 Å². The smallest absolute Gasteiger partial charge is 0.121 e. The number of halogens is 2. The zero-order chi connectivity index (χ0) is 11.7. The van der Waals surface area contributed by atoms with Crippen molar-refractivity contribution in [3.63, 3.8) is 0 Å². The predicted octanol–water partition coefficient (Wildman–Crippen LogP) is 1.82. The maximum absolute atomic E-state index is 5.74. The van der Waals surface area contributed by atoms with Gasteiger partial charge in [-0.1, -0.05) is 0 Å². The Morgan fingerprint density at radius 3 is 2.74 bits per heavy atom. The van der Waals surface area contributed by atoms with Crippen molar-refractivity contribution in [3.05, 3.63) is 24.0 Å². The first-order valence-electron chi connectivity index (χ1n) is 5.85. The van der Waals surface area contributed by atoms with Gasteiger partial charge >= 0.3 is 0 Å². The van der Waals surface area contributed by atoms with Crippen LogP contribution in [0.5, 0.6) is 0 Å². The minimum atomic E-state index is 0. The van der Waals surface area contributed by atoms with Gasteiger partial charge in [0, 0.05) is 18.8 Å². The van der Waals surface area contributed by atoms with E-state index < -0.39 is 0 Å². The first-order valence-corrected chi connectivity index (χ1v) is 5.85. The average molecular weight is 305 g/mol. The van der Waals surface area contributed by atoms with Crippen LogP contribution >= 0.6 is 24.8 Å². The summed E-state index contributed by atoms with van der Waals surface area (Å²) >= 11 is 0. The Morgan fingerprint density at radius 1 is 1.26 bits per heavy atom. The molecular weight excluding hydrogens is 287 g/mol. The molecule has 7 heteroatoms. The summed E-state index contributed by atoms with van der Waals surface area (Å²) in [6.45, 7) is 4.41. The molecule has 2 aromatic rings. The van der Waals surface area contributed by atoms with Crippen molar-refractivity contribution in [2.75, 3.05) is 32.0 Å². The number of aromatic amines is 1. The van der Waals surface area contributed by atoms with E-state index in [9.17, 15) is 0 Å². The highest BCUT2D eigenvalue weighted by Gasteiger charge is 2.12. The highest BCUT2D eigenvalue weighted by atomic mass is 35.5. The number of rotatable bonds is 2. The third kappa shape index (κ3) is 3.73. The normalized spacial score (nSPS) is 15.8. The van der Waals surface area contributed by atoms with Crippen molar-refractivity contribution in [3.8, 4) is 0 Å². The van der Waals surface area contributed by atoms with E-state index in [-0.39, 0.29) is 24.8 Å². The SMILES string of the molecule is Cl.Cl.Nc1ccc2nc(CN3CCOCC3)[nH]c2c1. The molecule has 0 radical (unpaired) electrons. The van der Waals surface area contributed by atoms with E-state index in [4.69, 9.17) is 10.5 Å². The van der Waals surface area contributed by atoms with Crippen molar-refractivity contribution in [1.29, 1.82) is 0 Å². The maximum atomic E-state index is 5.74. The highest BCUT2D eigenvalue weighted by molar-refractivity contribution is 5.85. The molecule has 0 spiro atoms. The Labute approximate surface area is 124 Å². The number of hydrogen-bond donors (Lipinski definition) is 2. The molecule has 0 saturated carbocycles. The molecular formula is C12H18Cl2N4O. The number of nitrogen functional groups attached to an aromatic ring is 1. The number of morpholine rings is 1. The number of fused-ring (bicyclic) bond motifs is 1. The second-order valence-corrected chi connectivity index (χ2v) is 4.35. The Kier molecular flexibility index (Phi) is 5.87. The quantitative estimate of drug-likeness (QED) is 0.831. The van der Waals surface area contributed by atoms with E-state index in [1.54, 1.807) is 0 Å². The van der Waals surface area contributed by atoms with Gasteiger partial charge in [0.1, 0.15) is 5.82 Å². The first-order chi connectivity index (χ1) is 8.31. The van der Waals surface area contributed by atoms with Crippen molar-refractivity contribution in [2.24, 2.45) is 0 Å². The van der Waals surface area contributed by atoms with Gasteiger partial charge < -0.3 is 15.5 Å². The van der Waals surface area contributed by atoms with Crippen LogP contribution in [-0.4, -0.2) is 41.2 Å². The molecule has 0 bridgehead atoms. The lowest BCUT2D eigenvalue weighted by Gasteiger charge is -2.25. The number of aromatic nitrogens is 2. The summed E-state index contributed by atoms with van der Waals surface area (Å²) in [5.41, 5.74) is 8.49. The molecule has 0 amide bonds. The maximum Gasteiger partial charge on any atom is 0.121 e. The van der Waals surface area contributed by atoms with E-state index in [0.29, 0.717) is 0 Å². The summed E-state index contributed by atoms with van der Waals surface area (Å²) in [7, 11) is 0. The summed E-state index contributed by atoms with van der Waals surface area (Å²) in [6.07, 6.45) is 0. The van der Waals surface area contributed by atoms with Crippen LogP contribution in [0.15, 0.2) is 18.2 Å². The fourth-order valence-corrected chi connectivity index (χ4v) is 2.13. The van der Waals surface area contributed by atoms with Crippen LogP contribution in [0.1, 0.15) is 5.82 Å². The summed E-state index contributed by atoms with van der Waals surface area (Å²) in [5.74, 6) is 0.993. The number of nitrogens with one attached hydrogen (secondary N) is 1. The summed E-state index contributed by atoms with van der Waals surface area (Å²) in [4.78, 5) is 10.2. The Hall–Kier alpha value is -1.01. The van der Waals surface area contributed by atoms with Gasteiger partial charge in [0.25, 0.3) is 0 Å².